The van der Waals surface area contributed by atoms with Gasteiger partial charge in [0.05, 0.1) is 45.0 Å². The highest BCUT2D eigenvalue weighted by Gasteiger charge is 2.36. The highest BCUT2D eigenvalue weighted by molar-refractivity contribution is 6.00. The van der Waals surface area contributed by atoms with Crippen LogP contribution in [-0.4, -0.2) is 46.4 Å². The lowest BCUT2D eigenvalue weighted by atomic mass is 10.0. The first kappa shape index (κ1) is 55.3. The van der Waals surface area contributed by atoms with Gasteiger partial charge in [-0.2, -0.15) is 35.1 Å². The Bertz CT molecular complexity index is 3470. The van der Waals surface area contributed by atoms with Crippen LogP contribution in [0, 0.1) is 93.1 Å². The number of halogens is 16. The molecule has 80 heavy (non-hydrogen) atoms. The van der Waals surface area contributed by atoms with Gasteiger partial charge in [0.15, 0.2) is 69.5 Å². The molecule has 8 bridgehead atoms. The van der Waals surface area contributed by atoms with E-state index in [0.29, 0.717) is 0 Å². The summed E-state index contributed by atoms with van der Waals surface area (Å²) in [6, 6.07) is 3.22. The molecule has 0 radical (unpaired) electrons. The molecule has 0 unspecified atom stereocenters. The molecule has 24 heteroatoms. The highest BCUT2D eigenvalue weighted by Crippen LogP contribution is 2.47. The van der Waals surface area contributed by atoms with Gasteiger partial charge in [0.1, 0.15) is 26.4 Å². The summed E-state index contributed by atoms with van der Waals surface area (Å²) in [5, 5.41) is 0. The molecule has 0 aliphatic carbocycles. The molecule has 4 aromatic carbocycles. The molecule has 8 nitrogen and oxygen atoms in total. The van der Waals surface area contributed by atoms with Gasteiger partial charge in [-0.25, -0.2) is 45.1 Å². The number of hydrogen-bond acceptors (Lipinski definition) is 6. The van der Waals surface area contributed by atoms with Crippen molar-refractivity contribution in [1.82, 2.24) is 19.9 Å². The van der Waals surface area contributed by atoms with E-state index < -0.39 is 232 Å². The molecule has 0 saturated heterocycles. The average molecular weight is 1130 g/mol. The fraction of sp³-hybridized carbons (Fsp3) is 0.0714. The SMILES string of the molecule is C=CCOc1c(F)c(F)c(-c2c3nc(c(-c4c(F)c(F)c(OCC=C)c(F)c4F)c4ccc([nH]4)c(-c4c(F)c(F)c(OCC=C)c(F)c4F)c4nc(c(-c5c(F)c(F)c(OCC=C)c(F)c5F)c5ccc2[nH]5)C=C4)C=C3)c(F)c1F. The van der Waals surface area contributed by atoms with Crippen molar-refractivity contribution in [3.63, 3.8) is 0 Å². The Balaban J connectivity index is 1.55. The lowest BCUT2D eigenvalue weighted by Crippen LogP contribution is -2.07. The van der Waals surface area contributed by atoms with Gasteiger partial charge in [0, 0.05) is 44.3 Å². The number of hydrogen-bond donors (Lipinski definition) is 2. The van der Waals surface area contributed by atoms with Crippen LogP contribution in [0.3, 0.4) is 0 Å². The van der Waals surface area contributed by atoms with Crippen molar-refractivity contribution in [2.24, 2.45) is 0 Å². The lowest BCUT2D eigenvalue weighted by Gasteiger charge is -2.14. The van der Waals surface area contributed by atoms with Gasteiger partial charge in [-0.3, -0.25) is 0 Å². The average Bonchev–Trinajstić information content (AvgIpc) is 4.31. The van der Waals surface area contributed by atoms with Crippen LogP contribution in [0.5, 0.6) is 23.0 Å². The zero-order valence-electron chi connectivity index (χ0n) is 40.2. The zero-order chi connectivity index (χ0) is 57.8. The van der Waals surface area contributed by atoms with Gasteiger partial charge in [-0.1, -0.05) is 50.6 Å². The largest absolute Gasteiger partial charge is 0.483 e. The van der Waals surface area contributed by atoms with Crippen molar-refractivity contribution in [3.8, 4) is 67.5 Å². The van der Waals surface area contributed by atoms with E-state index in [9.17, 15) is 0 Å². The van der Waals surface area contributed by atoms with Crippen molar-refractivity contribution in [2.45, 2.75) is 0 Å². The molecule has 0 atom stereocenters. The number of rotatable bonds is 16. The molecule has 0 saturated carbocycles. The van der Waals surface area contributed by atoms with Gasteiger partial charge in [0.25, 0.3) is 0 Å². The van der Waals surface area contributed by atoms with E-state index in [1.807, 2.05) is 0 Å². The molecule has 2 aliphatic rings. The van der Waals surface area contributed by atoms with E-state index in [1.54, 1.807) is 0 Å². The number of benzene rings is 4. The Morgan fingerprint density at radius 2 is 0.463 bits per heavy atom. The fourth-order valence-electron chi connectivity index (χ4n) is 8.66. The molecule has 3 aromatic heterocycles. The first-order chi connectivity index (χ1) is 38.2. The fourth-order valence-corrected chi connectivity index (χ4v) is 8.66. The van der Waals surface area contributed by atoms with Crippen molar-refractivity contribution < 1.29 is 89.2 Å². The Kier molecular flexibility index (Phi) is 15.0. The van der Waals surface area contributed by atoms with Gasteiger partial charge in [-0.05, 0) is 48.6 Å². The third-order valence-electron chi connectivity index (χ3n) is 12.0. The smallest absolute Gasteiger partial charge is 0.204 e. The quantitative estimate of drug-likeness (QED) is 0.0569. The van der Waals surface area contributed by atoms with Crippen LogP contribution in [0.4, 0.5) is 70.2 Å². The van der Waals surface area contributed by atoms with Gasteiger partial charge >= 0.3 is 0 Å². The molecule has 9 rings (SSSR count). The third-order valence-corrected chi connectivity index (χ3v) is 12.0. The van der Waals surface area contributed by atoms with E-state index in [0.717, 1.165) is 72.9 Å². The summed E-state index contributed by atoms with van der Waals surface area (Å²) in [5.74, 6) is -41.6. The first-order valence-electron chi connectivity index (χ1n) is 22.8. The van der Waals surface area contributed by atoms with Crippen LogP contribution in [0.1, 0.15) is 22.8 Å². The normalized spacial score (nSPS) is 11.8. The van der Waals surface area contributed by atoms with Crippen LogP contribution in [0.25, 0.3) is 90.9 Å². The summed E-state index contributed by atoms with van der Waals surface area (Å²) < 4.78 is 280. The second kappa shape index (κ2) is 21.7. The zero-order valence-corrected chi connectivity index (χ0v) is 40.2. The molecule has 0 spiro atoms. The predicted octanol–water partition coefficient (Wildman–Crippen LogP) is 15.8. The van der Waals surface area contributed by atoms with E-state index in [4.69, 9.17) is 18.9 Å². The summed E-state index contributed by atoms with van der Waals surface area (Å²) >= 11 is 0. The number of aromatic amines is 2. The summed E-state index contributed by atoms with van der Waals surface area (Å²) in [6.07, 6.45) is 6.94. The van der Waals surface area contributed by atoms with Crippen molar-refractivity contribution in [3.05, 3.63) is 191 Å². The second-order valence-corrected chi connectivity index (χ2v) is 16.7. The van der Waals surface area contributed by atoms with E-state index >= 15 is 70.2 Å². The van der Waals surface area contributed by atoms with Gasteiger partial charge in [-0.15, -0.1) is 0 Å². The molecule has 0 amide bonds. The van der Waals surface area contributed by atoms with Crippen LogP contribution in [-0.2, 0) is 0 Å². The Morgan fingerprint density at radius 3 is 0.625 bits per heavy atom. The minimum Gasteiger partial charge on any atom is -0.483 e. The monoisotopic (exact) mass is 1130 g/mol. The van der Waals surface area contributed by atoms with Crippen molar-refractivity contribution in [2.75, 3.05) is 26.4 Å². The van der Waals surface area contributed by atoms with Crippen LogP contribution >= 0.6 is 0 Å². The lowest BCUT2D eigenvalue weighted by molar-refractivity contribution is 0.303. The van der Waals surface area contributed by atoms with E-state index in [1.165, 1.54) is 0 Å². The summed E-state index contributed by atoms with van der Waals surface area (Å²) in [4.78, 5) is 13.4. The number of nitrogens with one attached hydrogen (secondary N) is 2. The summed E-state index contributed by atoms with van der Waals surface area (Å²) in [6.45, 7) is 10.4. The second-order valence-electron chi connectivity index (χ2n) is 16.7. The number of aromatic nitrogens is 4. The maximum Gasteiger partial charge on any atom is 0.204 e. The highest BCUT2D eigenvalue weighted by atomic mass is 19.2. The molecule has 2 N–H and O–H groups in total. The van der Waals surface area contributed by atoms with Crippen molar-refractivity contribution in [1.29, 1.82) is 0 Å². The maximum atomic E-state index is 16.6. The van der Waals surface area contributed by atoms with Crippen LogP contribution in [0.15, 0.2) is 74.9 Å². The van der Waals surface area contributed by atoms with Crippen LogP contribution in [0.2, 0.25) is 0 Å². The Morgan fingerprint density at radius 1 is 0.287 bits per heavy atom. The summed E-state index contributed by atoms with van der Waals surface area (Å²) in [5.41, 5.74) is -17.4. The molecule has 7 aromatic rings. The standard InChI is InChI=1S/C56H30F16N4O4/c1-5-17-77-53-45(65)37(57)33(38(58)46(53)66)29-21-9-11-23(73-21)30(34-39(59)47(67)54(78-18-6-2)48(68)40(34)60)25-13-15-27(75-25)32(36-43(63)51(71)56(80-20-8-4)52(72)44(36)64)28-16-14-26(76-28)31(24-12-10-22(29)74-24)35-41(61)49(69)55(79-19-7-3)50(70)42(35)62/h5-16,73,76H,1-4,17-20H2. The summed E-state index contributed by atoms with van der Waals surface area (Å²) in [7, 11) is 0. The van der Waals surface area contributed by atoms with E-state index in [-0.39, 0.29) is 0 Å². The number of nitrogens with zero attached hydrogens (tertiary/aromatic N) is 2. The van der Waals surface area contributed by atoms with Crippen molar-refractivity contribution >= 4 is 46.4 Å². The molecular formula is C56H30F16N4O4. The molecule has 5 heterocycles. The number of fused-ring (bicyclic) bond motifs is 8. The molecule has 2 aliphatic heterocycles. The number of H-pyrrole nitrogens is 2. The van der Waals surface area contributed by atoms with Crippen LogP contribution < -0.4 is 18.9 Å². The minimum atomic E-state index is -2.22. The van der Waals surface area contributed by atoms with E-state index in [2.05, 4.69) is 46.3 Å². The molecular weight excluding hydrogens is 1100 g/mol. The Labute approximate surface area is 439 Å². The van der Waals surface area contributed by atoms with Gasteiger partial charge in [0.2, 0.25) is 46.5 Å². The topological polar surface area (TPSA) is 94.3 Å². The third kappa shape index (κ3) is 8.98. The first-order valence-corrected chi connectivity index (χ1v) is 22.8. The van der Waals surface area contributed by atoms with Gasteiger partial charge < -0.3 is 28.9 Å². The molecule has 0 fully saturated rings. The predicted molar refractivity (Wildman–Crippen MR) is 263 cm³/mol. The number of ether oxygens (including phenoxy) is 4. The molecule has 410 valence electrons. The minimum absolute atomic E-state index is 0.703. The Hall–Kier alpha value is -9.48. The maximum absolute atomic E-state index is 16.6.